The first-order chi connectivity index (χ1) is 11.5. The molecule has 140 valence electrons. The van der Waals surface area contributed by atoms with Gasteiger partial charge in [-0.3, -0.25) is 4.84 Å². The van der Waals surface area contributed by atoms with Gasteiger partial charge in [0.25, 0.3) is 0 Å². The van der Waals surface area contributed by atoms with Crippen molar-refractivity contribution in [2.45, 2.75) is 57.9 Å². The van der Waals surface area contributed by atoms with Crippen LogP contribution < -0.4 is 0 Å². The topological polar surface area (TPSA) is 42.0 Å². The zero-order valence-corrected chi connectivity index (χ0v) is 17.5. The molecule has 2 aliphatic heterocycles. The van der Waals surface area contributed by atoms with Crippen molar-refractivity contribution in [2.75, 3.05) is 19.8 Å². The van der Waals surface area contributed by atoms with Crippen LogP contribution in [0.15, 0.2) is 36.5 Å². The molecular weight excluding hydrogens is 332 g/mol. The van der Waals surface area contributed by atoms with Crippen LogP contribution in [0.4, 0.5) is 4.79 Å². The second kappa shape index (κ2) is 7.09. The minimum atomic E-state index is -1.87. The molecule has 1 saturated heterocycles. The number of nitrogens with zero attached hydrogens (tertiary/aromatic N) is 2. The quantitative estimate of drug-likeness (QED) is 0.504. The first-order valence-electron chi connectivity index (χ1n) is 8.85. The Morgan fingerprint density at radius 2 is 2.08 bits per heavy atom. The van der Waals surface area contributed by atoms with E-state index in [2.05, 4.69) is 53.1 Å². The average molecular weight is 365 g/mol. The summed E-state index contributed by atoms with van der Waals surface area (Å²) in [6.45, 7) is 22.3. The van der Waals surface area contributed by atoms with Gasteiger partial charge in [-0.25, -0.2) is 4.79 Å². The lowest BCUT2D eigenvalue weighted by atomic mass is 9.95. The van der Waals surface area contributed by atoms with Crippen molar-refractivity contribution in [1.29, 1.82) is 0 Å². The van der Waals surface area contributed by atoms with Gasteiger partial charge in [0, 0.05) is 0 Å². The second-order valence-corrected chi connectivity index (χ2v) is 13.2. The molecule has 5 nitrogen and oxygen atoms in total. The number of hydroxylamine groups is 2. The molecule has 0 aromatic rings. The van der Waals surface area contributed by atoms with Gasteiger partial charge in [0.15, 0.2) is 8.32 Å². The van der Waals surface area contributed by atoms with Crippen molar-refractivity contribution in [3.05, 3.63) is 36.5 Å². The molecule has 0 aliphatic carbocycles. The minimum absolute atomic E-state index is 0.0816. The summed E-state index contributed by atoms with van der Waals surface area (Å²) in [5.74, 6) is 0. The van der Waals surface area contributed by atoms with E-state index in [9.17, 15) is 4.79 Å². The van der Waals surface area contributed by atoms with Crippen LogP contribution in [0.5, 0.6) is 0 Å². The Morgan fingerprint density at radius 3 is 2.60 bits per heavy atom. The molecule has 0 radical (unpaired) electrons. The number of rotatable bonds is 7. The van der Waals surface area contributed by atoms with Crippen LogP contribution in [0, 0.1) is 0 Å². The van der Waals surface area contributed by atoms with Crippen molar-refractivity contribution < 1.29 is 14.1 Å². The summed E-state index contributed by atoms with van der Waals surface area (Å²) in [5, 5.41) is 1.60. The molecule has 6 heteroatoms. The van der Waals surface area contributed by atoms with E-state index >= 15 is 0 Å². The third-order valence-electron chi connectivity index (χ3n) is 5.46. The summed E-state index contributed by atoms with van der Waals surface area (Å²) in [5.41, 5.74) is 2.03. The van der Waals surface area contributed by atoms with Crippen LogP contribution in [0.2, 0.25) is 18.1 Å². The number of hydrogen-bond donors (Lipinski definition) is 0. The fraction of sp³-hybridized carbons (Fsp3) is 0.632. The molecule has 25 heavy (non-hydrogen) atoms. The molecule has 0 spiro atoms. The van der Waals surface area contributed by atoms with Crippen LogP contribution >= 0.6 is 0 Å². The van der Waals surface area contributed by atoms with E-state index in [0.717, 1.165) is 11.1 Å². The zero-order valence-electron chi connectivity index (χ0n) is 16.5. The largest absolute Gasteiger partial charge is 0.414 e. The lowest BCUT2D eigenvalue weighted by Gasteiger charge is -2.38. The van der Waals surface area contributed by atoms with Gasteiger partial charge in [0.1, 0.15) is 6.04 Å². The molecule has 2 rings (SSSR count). The van der Waals surface area contributed by atoms with Crippen LogP contribution in [0.1, 0.15) is 27.7 Å². The van der Waals surface area contributed by atoms with E-state index < -0.39 is 8.32 Å². The maximum Gasteiger partial charge on any atom is 0.345 e. The zero-order chi connectivity index (χ0) is 19.0. The number of carbonyl (C=O) groups excluding carboxylic acids is 1. The Balaban J connectivity index is 2.20. The highest BCUT2D eigenvalue weighted by Gasteiger charge is 2.47. The third kappa shape index (κ3) is 3.91. The average Bonchev–Trinajstić information content (AvgIpc) is 2.76. The smallest absolute Gasteiger partial charge is 0.345 e. The van der Waals surface area contributed by atoms with Crippen molar-refractivity contribution in [3.8, 4) is 0 Å². The van der Waals surface area contributed by atoms with E-state index in [-0.39, 0.29) is 23.2 Å². The summed E-state index contributed by atoms with van der Waals surface area (Å²) in [4.78, 5) is 20.2. The summed E-state index contributed by atoms with van der Waals surface area (Å²) in [6.07, 6.45) is 3.77. The Morgan fingerprint density at radius 1 is 1.44 bits per heavy atom. The molecule has 2 amide bonds. The monoisotopic (exact) mass is 364 g/mol. The molecule has 2 bridgehead atoms. The van der Waals surface area contributed by atoms with Crippen LogP contribution in [0.3, 0.4) is 0 Å². The Hall–Kier alpha value is -1.37. The lowest BCUT2D eigenvalue weighted by Crippen LogP contribution is -2.47. The maximum absolute atomic E-state index is 12.8. The standard InChI is InChI=1S/C19H32N2O3Si/c1-9-10-23-21-17-12-20(18(21)22)15(11-16(17)14(2)3)13-24-25(7,8)19(4,5)6/h9,11,15,17H,1-2,10,12-13H2,3-8H3/t15-,17-/m0/s1. The number of hydrogen-bond acceptors (Lipinski definition) is 3. The highest BCUT2D eigenvalue weighted by atomic mass is 28.4. The lowest BCUT2D eigenvalue weighted by molar-refractivity contribution is -0.109. The van der Waals surface area contributed by atoms with Gasteiger partial charge in [-0.05, 0) is 30.6 Å². The van der Waals surface area contributed by atoms with Gasteiger partial charge < -0.3 is 9.33 Å². The Labute approximate surface area is 153 Å². The van der Waals surface area contributed by atoms with E-state index in [1.807, 2.05) is 11.8 Å². The first-order valence-corrected chi connectivity index (χ1v) is 11.8. The molecule has 0 saturated carbocycles. The van der Waals surface area contributed by atoms with Gasteiger partial charge in [-0.15, -0.1) is 6.58 Å². The Bertz CT molecular complexity index is 592. The summed E-state index contributed by atoms with van der Waals surface area (Å²) in [7, 11) is -1.87. The van der Waals surface area contributed by atoms with Crippen LogP contribution in [-0.4, -0.2) is 56.2 Å². The predicted octanol–water partition coefficient (Wildman–Crippen LogP) is 4.12. The van der Waals surface area contributed by atoms with Crippen molar-refractivity contribution in [1.82, 2.24) is 9.96 Å². The predicted molar refractivity (Wildman–Crippen MR) is 104 cm³/mol. The fourth-order valence-corrected chi connectivity index (χ4v) is 3.88. The molecule has 0 aromatic carbocycles. The maximum atomic E-state index is 12.8. The molecule has 2 heterocycles. The molecule has 0 unspecified atom stereocenters. The van der Waals surface area contributed by atoms with Crippen LogP contribution in [0.25, 0.3) is 0 Å². The summed E-state index contributed by atoms with van der Waals surface area (Å²) in [6, 6.07) is -0.292. The molecular formula is C19H32N2O3Si. The Kier molecular flexibility index (Phi) is 5.66. The SMILES string of the molecule is C=CCON1C(=O)N2C[C@H]1C(C(=C)C)=C[C@H]2CO[Si](C)(C)C(C)(C)C. The van der Waals surface area contributed by atoms with Crippen molar-refractivity contribution in [2.24, 2.45) is 0 Å². The van der Waals surface area contributed by atoms with Crippen LogP contribution in [-0.2, 0) is 9.26 Å². The second-order valence-electron chi connectivity index (χ2n) is 8.40. The third-order valence-corrected chi connectivity index (χ3v) is 9.96. The molecule has 0 N–H and O–H groups in total. The van der Waals surface area contributed by atoms with Gasteiger partial charge in [0.05, 0.1) is 25.8 Å². The highest BCUT2D eigenvalue weighted by Crippen LogP contribution is 2.38. The highest BCUT2D eigenvalue weighted by molar-refractivity contribution is 6.74. The number of amides is 2. The van der Waals surface area contributed by atoms with Crippen molar-refractivity contribution >= 4 is 14.3 Å². The van der Waals surface area contributed by atoms with Gasteiger partial charge in [0.2, 0.25) is 0 Å². The fourth-order valence-electron chi connectivity index (χ4n) is 2.86. The molecule has 2 atom stereocenters. The van der Waals surface area contributed by atoms with E-state index in [0.29, 0.717) is 19.8 Å². The summed E-state index contributed by atoms with van der Waals surface area (Å²) >= 11 is 0. The number of fused-ring (bicyclic) bond motifs is 2. The number of carbonyl (C=O) groups is 1. The first kappa shape index (κ1) is 19.9. The van der Waals surface area contributed by atoms with Crippen molar-refractivity contribution in [3.63, 3.8) is 0 Å². The normalized spacial score (nSPS) is 23.8. The van der Waals surface area contributed by atoms with E-state index in [4.69, 9.17) is 9.26 Å². The van der Waals surface area contributed by atoms with E-state index in [1.54, 1.807) is 6.08 Å². The van der Waals surface area contributed by atoms with Gasteiger partial charge in [-0.2, -0.15) is 5.06 Å². The van der Waals surface area contributed by atoms with Gasteiger partial charge >= 0.3 is 6.03 Å². The summed E-state index contributed by atoms with van der Waals surface area (Å²) < 4.78 is 6.37. The van der Waals surface area contributed by atoms with E-state index in [1.165, 1.54) is 5.06 Å². The minimum Gasteiger partial charge on any atom is -0.414 e. The molecule has 0 aromatic heterocycles. The van der Waals surface area contributed by atoms with Gasteiger partial charge in [-0.1, -0.05) is 45.1 Å². The number of urea groups is 1. The molecule has 1 fully saturated rings. The molecule has 2 aliphatic rings.